The Morgan fingerprint density at radius 2 is 1.92 bits per heavy atom. The second-order valence-electron chi connectivity index (χ2n) is 5.60. The van der Waals surface area contributed by atoms with E-state index in [9.17, 15) is 0 Å². The van der Waals surface area contributed by atoms with E-state index in [0.717, 1.165) is 38.9 Å². The van der Waals surface area contributed by atoms with Gasteiger partial charge in [0.05, 0.1) is 23.1 Å². The lowest BCUT2D eigenvalue weighted by molar-refractivity contribution is 1.03. The molecule has 0 unspecified atom stereocenters. The Balaban J connectivity index is 1.94. The maximum atomic E-state index is 7.26. The van der Waals surface area contributed by atoms with Crippen molar-refractivity contribution in [1.29, 1.82) is 0 Å². The Morgan fingerprint density at radius 1 is 1.00 bits per heavy atom. The number of aromatic nitrogens is 4. The Bertz CT molecular complexity index is 1240. The van der Waals surface area contributed by atoms with Crippen molar-refractivity contribution >= 4 is 38.7 Å². The van der Waals surface area contributed by atoms with Crippen molar-refractivity contribution in [2.45, 2.75) is 0 Å². The van der Waals surface area contributed by atoms with Crippen molar-refractivity contribution < 1.29 is 0 Å². The number of hydrogen-bond acceptors (Lipinski definition) is 2. The summed E-state index contributed by atoms with van der Waals surface area (Å²) >= 11 is 0. The molecule has 1 N–H and O–H groups in total. The van der Waals surface area contributed by atoms with Crippen LogP contribution in [0.3, 0.4) is 0 Å². The van der Waals surface area contributed by atoms with Crippen LogP contribution in [0.1, 0.15) is 0 Å². The van der Waals surface area contributed by atoms with E-state index in [2.05, 4.69) is 14.8 Å². The Hall–Kier alpha value is -3.65. The van der Waals surface area contributed by atoms with Crippen molar-refractivity contribution in [3.63, 3.8) is 0 Å². The first-order valence-corrected chi connectivity index (χ1v) is 7.57. The Kier molecular flexibility index (Phi) is 2.50. The number of nitrogens with zero attached hydrogens (tertiary/aromatic N) is 4. The number of hydrogen-bond donors (Lipinski definition) is 1. The van der Waals surface area contributed by atoms with E-state index in [4.69, 9.17) is 11.6 Å². The number of rotatable bonds is 1. The standard InChI is InChI=1S/C19H11N5/c1-20-12-8-9-17-14(11-12)13-5-4-10-21-18(13)24(17)19-22-15-6-2-3-7-16(15)23-19/h2-11H,(H,22,23). The van der Waals surface area contributed by atoms with E-state index in [0.29, 0.717) is 5.69 Å². The summed E-state index contributed by atoms with van der Waals surface area (Å²) in [6, 6.07) is 17.6. The lowest BCUT2D eigenvalue weighted by Crippen LogP contribution is -1.97. The second-order valence-corrected chi connectivity index (χ2v) is 5.60. The topological polar surface area (TPSA) is 50.9 Å². The molecule has 2 aromatic carbocycles. The summed E-state index contributed by atoms with van der Waals surface area (Å²) < 4.78 is 2.01. The summed E-state index contributed by atoms with van der Waals surface area (Å²) in [5.74, 6) is 0.727. The molecule has 112 valence electrons. The fourth-order valence-electron chi connectivity index (χ4n) is 3.16. The molecule has 5 rings (SSSR count). The molecule has 0 saturated heterocycles. The molecule has 0 radical (unpaired) electrons. The number of pyridine rings is 1. The van der Waals surface area contributed by atoms with Crippen LogP contribution in [0.25, 0.3) is 43.8 Å². The summed E-state index contributed by atoms with van der Waals surface area (Å²) in [4.78, 5) is 16.2. The van der Waals surface area contributed by atoms with Crippen molar-refractivity contribution in [2.75, 3.05) is 0 Å². The molecular formula is C19H11N5. The number of aromatic amines is 1. The molecule has 0 fully saturated rings. The highest BCUT2D eigenvalue weighted by Gasteiger charge is 2.15. The predicted octanol–water partition coefficient (Wildman–Crippen LogP) is 4.61. The maximum Gasteiger partial charge on any atom is 0.214 e. The second kappa shape index (κ2) is 4.67. The fraction of sp³-hybridized carbons (Fsp3) is 0. The van der Waals surface area contributed by atoms with Crippen molar-refractivity contribution in [3.8, 4) is 5.95 Å². The number of para-hydroxylation sites is 2. The van der Waals surface area contributed by atoms with Gasteiger partial charge in [0.15, 0.2) is 5.69 Å². The highest BCUT2D eigenvalue weighted by Crippen LogP contribution is 2.32. The van der Waals surface area contributed by atoms with Crippen molar-refractivity contribution in [3.05, 3.63) is 72.2 Å². The van der Waals surface area contributed by atoms with Crippen LogP contribution < -0.4 is 0 Å². The normalized spacial score (nSPS) is 11.3. The number of benzene rings is 2. The molecule has 0 saturated carbocycles. The molecule has 0 spiro atoms. The molecule has 3 aromatic heterocycles. The van der Waals surface area contributed by atoms with Crippen LogP contribution in [-0.4, -0.2) is 19.5 Å². The summed E-state index contributed by atoms with van der Waals surface area (Å²) in [5.41, 5.74) is 4.33. The van der Waals surface area contributed by atoms with Gasteiger partial charge < -0.3 is 4.98 Å². The molecule has 0 aliphatic heterocycles. The van der Waals surface area contributed by atoms with Crippen LogP contribution in [0, 0.1) is 6.57 Å². The molecule has 5 heteroatoms. The van der Waals surface area contributed by atoms with E-state index in [-0.39, 0.29) is 0 Å². The third kappa shape index (κ3) is 1.68. The molecule has 0 atom stereocenters. The van der Waals surface area contributed by atoms with E-state index >= 15 is 0 Å². The van der Waals surface area contributed by atoms with Gasteiger partial charge in [0.25, 0.3) is 0 Å². The number of nitrogens with one attached hydrogen (secondary N) is 1. The van der Waals surface area contributed by atoms with E-state index in [1.54, 1.807) is 6.20 Å². The van der Waals surface area contributed by atoms with Gasteiger partial charge in [0.1, 0.15) is 5.65 Å². The molecular weight excluding hydrogens is 298 g/mol. The summed E-state index contributed by atoms with van der Waals surface area (Å²) in [5, 5.41) is 2.02. The minimum atomic E-state index is 0.620. The van der Waals surface area contributed by atoms with Crippen LogP contribution in [0.2, 0.25) is 0 Å². The molecule has 0 amide bonds. The first-order valence-electron chi connectivity index (χ1n) is 7.57. The summed E-state index contributed by atoms with van der Waals surface area (Å²) in [6.45, 7) is 7.26. The smallest absolute Gasteiger partial charge is 0.214 e. The van der Waals surface area contributed by atoms with Gasteiger partial charge in [-0.15, -0.1) is 0 Å². The van der Waals surface area contributed by atoms with Gasteiger partial charge in [-0.3, -0.25) is 4.57 Å². The van der Waals surface area contributed by atoms with Gasteiger partial charge in [-0.25, -0.2) is 14.8 Å². The van der Waals surface area contributed by atoms with E-state index < -0.39 is 0 Å². The van der Waals surface area contributed by atoms with Crippen LogP contribution in [0.4, 0.5) is 5.69 Å². The molecule has 5 aromatic rings. The predicted molar refractivity (Wildman–Crippen MR) is 94.5 cm³/mol. The average Bonchev–Trinajstić information content (AvgIpc) is 3.19. The summed E-state index contributed by atoms with van der Waals surface area (Å²) in [6.07, 6.45) is 1.77. The van der Waals surface area contributed by atoms with Crippen molar-refractivity contribution in [1.82, 2.24) is 19.5 Å². The number of imidazole rings is 1. The van der Waals surface area contributed by atoms with Gasteiger partial charge in [0.2, 0.25) is 5.95 Å². The van der Waals surface area contributed by atoms with Gasteiger partial charge >= 0.3 is 0 Å². The molecule has 3 heterocycles. The van der Waals surface area contributed by atoms with Crippen molar-refractivity contribution in [2.24, 2.45) is 0 Å². The molecule has 0 bridgehead atoms. The van der Waals surface area contributed by atoms with Gasteiger partial charge in [0, 0.05) is 11.6 Å². The molecule has 0 aliphatic rings. The largest absolute Gasteiger partial charge is 0.323 e. The average molecular weight is 309 g/mol. The quantitative estimate of drug-likeness (QED) is 0.460. The fourth-order valence-corrected chi connectivity index (χ4v) is 3.16. The molecule has 24 heavy (non-hydrogen) atoms. The van der Waals surface area contributed by atoms with E-state index in [1.165, 1.54) is 0 Å². The zero-order valence-corrected chi connectivity index (χ0v) is 12.6. The maximum absolute atomic E-state index is 7.26. The Labute approximate surface area is 137 Å². The molecule has 5 nitrogen and oxygen atoms in total. The van der Waals surface area contributed by atoms with Crippen LogP contribution in [0.5, 0.6) is 0 Å². The Morgan fingerprint density at radius 3 is 2.79 bits per heavy atom. The highest BCUT2D eigenvalue weighted by molar-refractivity contribution is 6.08. The zero-order chi connectivity index (χ0) is 16.1. The van der Waals surface area contributed by atoms with E-state index in [1.807, 2.05) is 59.2 Å². The first-order chi connectivity index (χ1) is 11.8. The highest BCUT2D eigenvalue weighted by atomic mass is 15.2. The van der Waals surface area contributed by atoms with Crippen LogP contribution in [-0.2, 0) is 0 Å². The third-order valence-corrected chi connectivity index (χ3v) is 4.23. The SMILES string of the molecule is [C-]#[N+]c1ccc2c(c1)c1cccnc1n2-c1nc2ccccc2[nH]1. The van der Waals surface area contributed by atoms with Gasteiger partial charge in [-0.2, -0.15) is 0 Å². The third-order valence-electron chi connectivity index (χ3n) is 4.23. The lowest BCUT2D eigenvalue weighted by Gasteiger charge is -2.02. The van der Waals surface area contributed by atoms with Gasteiger partial charge in [-0.05, 0) is 41.8 Å². The minimum Gasteiger partial charge on any atom is -0.323 e. The summed E-state index contributed by atoms with van der Waals surface area (Å²) in [7, 11) is 0. The first kappa shape index (κ1) is 12.9. The molecule has 0 aliphatic carbocycles. The number of H-pyrrole nitrogens is 1. The monoisotopic (exact) mass is 309 g/mol. The van der Waals surface area contributed by atoms with Crippen LogP contribution >= 0.6 is 0 Å². The number of fused-ring (bicyclic) bond motifs is 4. The zero-order valence-electron chi connectivity index (χ0n) is 12.6. The lowest BCUT2D eigenvalue weighted by atomic mass is 10.2. The minimum absolute atomic E-state index is 0.620. The van der Waals surface area contributed by atoms with Crippen LogP contribution in [0.15, 0.2) is 60.8 Å². The van der Waals surface area contributed by atoms with Gasteiger partial charge in [-0.1, -0.05) is 18.2 Å².